The second-order valence-corrected chi connectivity index (χ2v) is 9.04. The van der Waals surface area contributed by atoms with Crippen molar-refractivity contribution in [1.29, 1.82) is 0 Å². The fraction of sp³-hybridized carbons (Fsp3) is 0.296. The van der Waals surface area contributed by atoms with Crippen LogP contribution in [0, 0.1) is 0 Å². The zero-order chi connectivity index (χ0) is 25.2. The smallest absolute Gasteiger partial charge is 0.269 e. The molecule has 1 aliphatic heterocycles. The molecule has 2 atom stereocenters. The highest BCUT2D eigenvalue weighted by molar-refractivity contribution is 5.92. The van der Waals surface area contributed by atoms with Crippen molar-refractivity contribution in [2.75, 3.05) is 30.4 Å². The second kappa shape index (κ2) is 9.87. The monoisotopic (exact) mass is 486 g/mol. The summed E-state index contributed by atoms with van der Waals surface area (Å²) in [5, 5.41) is 5.98. The molecule has 2 aromatic heterocycles. The molecule has 1 saturated heterocycles. The minimum absolute atomic E-state index is 0.219. The van der Waals surface area contributed by atoms with Gasteiger partial charge in [-0.2, -0.15) is 0 Å². The first-order valence-electron chi connectivity index (χ1n) is 12.0. The summed E-state index contributed by atoms with van der Waals surface area (Å²) in [6.07, 6.45) is 1.99. The number of aryl methyl sites for hydroxylation is 1. The Balaban J connectivity index is 1.32. The highest BCUT2D eigenvalue weighted by Gasteiger charge is 2.22. The van der Waals surface area contributed by atoms with E-state index in [-0.39, 0.29) is 18.1 Å². The van der Waals surface area contributed by atoms with E-state index < -0.39 is 0 Å². The van der Waals surface area contributed by atoms with Crippen LogP contribution in [0.3, 0.4) is 0 Å². The van der Waals surface area contributed by atoms with Crippen molar-refractivity contribution >= 4 is 34.3 Å². The van der Waals surface area contributed by atoms with Gasteiger partial charge < -0.3 is 29.6 Å². The fourth-order valence-corrected chi connectivity index (χ4v) is 4.49. The summed E-state index contributed by atoms with van der Waals surface area (Å²) < 4.78 is 13.8. The predicted molar refractivity (Wildman–Crippen MR) is 140 cm³/mol. The van der Waals surface area contributed by atoms with Gasteiger partial charge in [-0.05, 0) is 56.3 Å². The standard InChI is InChI=1S/C27H30N6O3/c1-17-15-33(16-18(2)35-17)20-7-5-19(6-8-20)30-27-31-23-13-21(9-10-25(23)32(27)4)36-22-11-12-29-24(14-22)26(34)28-3/h5-14,17-18H,15-16H2,1-4H3,(H,28,34)(H,30,31). The van der Waals surface area contributed by atoms with Gasteiger partial charge >= 0.3 is 0 Å². The maximum Gasteiger partial charge on any atom is 0.269 e. The quantitative estimate of drug-likeness (QED) is 0.415. The molecule has 9 nitrogen and oxygen atoms in total. The number of fused-ring (bicyclic) bond motifs is 1. The van der Waals surface area contributed by atoms with E-state index in [1.54, 1.807) is 25.4 Å². The van der Waals surface area contributed by atoms with Gasteiger partial charge in [0.1, 0.15) is 17.2 Å². The van der Waals surface area contributed by atoms with Crippen LogP contribution in [-0.2, 0) is 11.8 Å². The third kappa shape index (κ3) is 4.96. The van der Waals surface area contributed by atoms with Gasteiger partial charge in [-0.3, -0.25) is 9.78 Å². The number of imidazole rings is 1. The maximum atomic E-state index is 11.9. The Bertz CT molecular complexity index is 1370. The molecule has 0 bridgehead atoms. The first kappa shape index (κ1) is 23.6. The van der Waals surface area contributed by atoms with Crippen LogP contribution in [0.2, 0.25) is 0 Å². The number of carbonyl (C=O) groups excluding carboxylic acids is 1. The predicted octanol–water partition coefficient (Wildman–Crippen LogP) is 4.48. The van der Waals surface area contributed by atoms with Crippen molar-refractivity contribution in [3.05, 3.63) is 66.5 Å². The van der Waals surface area contributed by atoms with Crippen molar-refractivity contribution in [2.45, 2.75) is 26.1 Å². The Hall–Kier alpha value is -4.11. The Morgan fingerprint density at radius 1 is 1.03 bits per heavy atom. The molecule has 1 aliphatic rings. The van der Waals surface area contributed by atoms with Crippen molar-refractivity contribution in [3.63, 3.8) is 0 Å². The third-order valence-corrected chi connectivity index (χ3v) is 6.19. The zero-order valence-electron chi connectivity index (χ0n) is 20.9. The molecule has 1 amide bonds. The van der Waals surface area contributed by atoms with Crippen LogP contribution in [0.4, 0.5) is 17.3 Å². The second-order valence-electron chi connectivity index (χ2n) is 9.04. The third-order valence-electron chi connectivity index (χ3n) is 6.19. The number of rotatable bonds is 6. The molecule has 0 aliphatic carbocycles. The normalized spacial score (nSPS) is 17.7. The lowest BCUT2D eigenvalue weighted by Crippen LogP contribution is -2.45. The maximum absolute atomic E-state index is 11.9. The van der Waals surface area contributed by atoms with Crippen LogP contribution in [0.1, 0.15) is 24.3 Å². The Morgan fingerprint density at radius 3 is 2.47 bits per heavy atom. The van der Waals surface area contributed by atoms with Gasteiger partial charge in [-0.15, -0.1) is 0 Å². The number of amides is 1. The molecule has 5 rings (SSSR count). The highest BCUT2D eigenvalue weighted by Crippen LogP contribution is 2.29. The number of carbonyl (C=O) groups is 1. The fourth-order valence-electron chi connectivity index (χ4n) is 4.49. The first-order chi connectivity index (χ1) is 17.4. The SMILES string of the molecule is CNC(=O)c1cc(Oc2ccc3c(c2)nc(Nc2ccc(N4CC(C)OC(C)C4)cc2)n3C)ccn1. The largest absolute Gasteiger partial charge is 0.457 e. The van der Waals surface area contributed by atoms with Crippen LogP contribution >= 0.6 is 0 Å². The average molecular weight is 487 g/mol. The molecule has 2 N–H and O–H groups in total. The molecular formula is C27H30N6O3. The van der Waals surface area contributed by atoms with Gasteiger partial charge in [0, 0.05) is 56.9 Å². The number of pyridine rings is 1. The summed E-state index contributed by atoms with van der Waals surface area (Å²) in [5.74, 6) is 1.62. The Labute approximate surface area is 210 Å². The van der Waals surface area contributed by atoms with Crippen LogP contribution < -0.4 is 20.3 Å². The lowest BCUT2D eigenvalue weighted by Gasteiger charge is -2.36. The molecule has 186 valence electrons. The van der Waals surface area contributed by atoms with E-state index in [9.17, 15) is 4.79 Å². The molecule has 1 fully saturated rings. The van der Waals surface area contributed by atoms with E-state index in [4.69, 9.17) is 14.5 Å². The summed E-state index contributed by atoms with van der Waals surface area (Å²) in [6, 6.07) is 17.4. The van der Waals surface area contributed by atoms with E-state index in [0.717, 1.165) is 35.8 Å². The number of nitrogens with zero attached hydrogens (tertiary/aromatic N) is 4. The minimum atomic E-state index is -0.265. The molecule has 2 aromatic carbocycles. The molecular weight excluding hydrogens is 456 g/mol. The van der Waals surface area contributed by atoms with E-state index in [1.165, 1.54) is 5.69 Å². The van der Waals surface area contributed by atoms with Gasteiger partial charge in [0.25, 0.3) is 5.91 Å². The molecule has 0 spiro atoms. The first-order valence-corrected chi connectivity index (χ1v) is 12.0. The Kier molecular flexibility index (Phi) is 6.47. The number of hydrogen-bond donors (Lipinski definition) is 2. The molecule has 0 saturated carbocycles. The van der Waals surface area contributed by atoms with Crippen molar-refractivity contribution in [2.24, 2.45) is 7.05 Å². The number of morpholine rings is 1. The number of hydrogen-bond acceptors (Lipinski definition) is 7. The summed E-state index contributed by atoms with van der Waals surface area (Å²) >= 11 is 0. The van der Waals surface area contributed by atoms with E-state index in [1.807, 2.05) is 29.8 Å². The van der Waals surface area contributed by atoms with Crippen LogP contribution in [0.25, 0.3) is 11.0 Å². The van der Waals surface area contributed by atoms with E-state index in [2.05, 4.69) is 58.6 Å². The molecule has 4 aromatic rings. The Morgan fingerprint density at radius 2 is 1.75 bits per heavy atom. The zero-order valence-corrected chi connectivity index (χ0v) is 20.9. The molecule has 36 heavy (non-hydrogen) atoms. The van der Waals surface area contributed by atoms with Crippen LogP contribution in [0.5, 0.6) is 11.5 Å². The van der Waals surface area contributed by atoms with Gasteiger partial charge in [-0.25, -0.2) is 4.98 Å². The summed E-state index contributed by atoms with van der Waals surface area (Å²) in [7, 11) is 3.54. The van der Waals surface area contributed by atoms with Gasteiger partial charge in [0.2, 0.25) is 5.95 Å². The topological polar surface area (TPSA) is 93.5 Å². The molecule has 2 unspecified atom stereocenters. The average Bonchev–Trinajstić information content (AvgIpc) is 3.17. The van der Waals surface area contributed by atoms with Gasteiger partial charge in [0.05, 0.1) is 23.2 Å². The van der Waals surface area contributed by atoms with Crippen LogP contribution in [-0.4, -0.2) is 52.8 Å². The lowest BCUT2D eigenvalue weighted by atomic mass is 10.2. The number of ether oxygens (including phenoxy) is 2. The van der Waals surface area contributed by atoms with Gasteiger partial charge in [0.15, 0.2) is 0 Å². The summed E-state index contributed by atoms with van der Waals surface area (Å²) in [4.78, 5) is 23.1. The number of nitrogens with one attached hydrogen (secondary N) is 2. The summed E-state index contributed by atoms with van der Waals surface area (Å²) in [6.45, 7) is 6.00. The summed E-state index contributed by atoms with van der Waals surface area (Å²) in [5.41, 5.74) is 4.21. The van der Waals surface area contributed by atoms with E-state index >= 15 is 0 Å². The number of aromatic nitrogens is 3. The highest BCUT2D eigenvalue weighted by atomic mass is 16.5. The number of anilines is 3. The molecule has 9 heteroatoms. The minimum Gasteiger partial charge on any atom is -0.457 e. The lowest BCUT2D eigenvalue weighted by molar-refractivity contribution is -0.00521. The van der Waals surface area contributed by atoms with Crippen molar-refractivity contribution < 1.29 is 14.3 Å². The van der Waals surface area contributed by atoms with Crippen molar-refractivity contribution in [3.8, 4) is 11.5 Å². The van der Waals surface area contributed by atoms with E-state index in [0.29, 0.717) is 17.2 Å². The van der Waals surface area contributed by atoms with Gasteiger partial charge in [-0.1, -0.05) is 0 Å². The molecule has 3 heterocycles. The molecule has 0 radical (unpaired) electrons. The number of benzene rings is 2. The van der Waals surface area contributed by atoms with Crippen LogP contribution in [0.15, 0.2) is 60.8 Å². The van der Waals surface area contributed by atoms with Crippen molar-refractivity contribution in [1.82, 2.24) is 19.9 Å².